The summed E-state index contributed by atoms with van der Waals surface area (Å²) in [5.41, 5.74) is 0.896. The van der Waals surface area contributed by atoms with Crippen molar-refractivity contribution < 1.29 is 19.1 Å². The average molecular weight is 403 g/mol. The number of anilines is 1. The summed E-state index contributed by atoms with van der Waals surface area (Å²) in [6.45, 7) is 11.3. The van der Waals surface area contributed by atoms with Crippen molar-refractivity contribution in [2.45, 2.75) is 33.3 Å². The van der Waals surface area contributed by atoms with Crippen molar-refractivity contribution >= 4 is 39.2 Å². The number of esters is 1. The fraction of sp³-hybridized carbons (Fsp3) is 0.524. The Kier molecular flexibility index (Phi) is 4.53. The van der Waals surface area contributed by atoms with E-state index in [0.29, 0.717) is 11.5 Å². The topological polar surface area (TPSA) is 59.1 Å². The third kappa shape index (κ3) is 3.55. The number of fused-ring (bicyclic) bond motifs is 1. The maximum atomic E-state index is 12.1. The van der Waals surface area contributed by atoms with E-state index in [1.807, 2.05) is 33.8 Å². The monoisotopic (exact) mass is 402 g/mol. The predicted octanol–water partition coefficient (Wildman–Crippen LogP) is 4.14. The molecule has 7 heteroatoms. The fourth-order valence-corrected chi connectivity index (χ4v) is 4.87. The van der Waals surface area contributed by atoms with Crippen LogP contribution in [0.4, 0.5) is 10.5 Å². The van der Waals surface area contributed by atoms with Crippen LogP contribution in [0.3, 0.4) is 0 Å². The molecule has 0 N–H and O–H groups in total. The highest BCUT2D eigenvalue weighted by Gasteiger charge is 2.54. The molecule has 0 atom stereocenters. The quantitative estimate of drug-likeness (QED) is 0.723. The van der Waals surface area contributed by atoms with E-state index in [4.69, 9.17) is 9.47 Å². The van der Waals surface area contributed by atoms with E-state index in [1.54, 1.807) is 4.90 Å². The van der Waals surface area contributed by atoms with Crippen LogP contribution in [0.2, 0.25) is 0 Å². The minimum Gasteiger partial charge on any atom is -0.462 e. The zero-order valence-corrected chi connectivity index (χ0v) is 17.6. The second-order valence-electron chi connectivity index (χ2n) is 8.75. The molecule has 0 aliphatic carbocycles. The normalized spacial score (nSPS) is 18.0. The van der Waals surface area contributed by atoms with Gasteiger partial charge in [-0.25, -0.2) is 9.59 Å². The van der Waals surface area contributed by atoms with Crippen molar-refractivity contribution in [3.8, 4) is 0 Å². The highest BCUT2D eigenvalue weighted by atomic mass is 32.1. The summed E-state index contributed by atoms with van der Waals surface area (Å²) in [6, 6.07) is 8.19. The Balaban J connectivity index is 1.37. The molecule has 1 aromatic carbocycles. The summed E-state index contributed by atoms with van der Waals surface area (Å²) >= 11 is 1.47. The molecule has 150 valence electrons. The Hall–Kier alpha value is -2.28. The number of amides is 1. The molecule has 0 radical (unpaired) electrons. The molecule has 0 unspecified atom stereocenters. The first-order valence-electron chi connectivity index (χ1n) is 9.62. The van der Waals surface area contributed by atoms with Crippen LogP contribution in [0.15, 0.2) is 24.3 Å². The molecular weight excluding hydrogens is 376 g/mol. The Morgan fingerprint density at radius 1 is 1.14 bits per heavy atom. The second kappa shape index (κ2) is 6.65. The molecule has 0 saturated carbocycles. The van der Waals surface area contributed by atoms with Crippen LogP contribution in [0, 0.1) is 5.41 Å². The summed E-state index contributed by atoms with van der Waals surface area (Å²) in [4.78, 5) is 28.8. The number of carbonyl (C=O) groups is 2. The van der Waals surface area contributed by atoms with E-state index >= 15 is 0 Å². The highest BCUT2D eigenvalue weighted by molar-refractivity contribution is 7.20. The number of hydrogen-bond donors (Lipinski definition) is 0. The zero-order valence-electron chi connectivity index (χ0n) is 16.8. The largest absolute Gasteiger partial charge is 0.462 e. The average Bonchev–Trinajstić information content (AvgIpc) is 2.94. The van der Waals surface area contributed by atoms with Gasteiger partial charge in [0, 0.05) is 42.0 Å². The lowest BCUT2D eigenvalue weighted by Gasteiger charge is -2.60. The van der Waals surface area contributed by atoms with Crippen molar-refractivity contribution in [1.29, 1.82) is 0 Å². The number of ether oxygens (including phenoxy) is 2. The molecular formula is C21H26N2O4S. The van der Waals surface area contributed by atoms with Crippen LogP contribution in [0.1, 0.15) is 37.4 Å². The van der Waals surface area contributed by atoms with Crippen molar-refractivity contribution in [1.82, 2.24) is 4.90 Å². The van der Waals surface area contributed by atoms with Crippen LogP contribution in [0.5, 0.6) is 0 Å². The first kappa shape index (κ1) is 19.1. The molecule has 2 saturated heterocycles. The zero-order chi connectivity index (χ0) is 20.1. The SMILES string of the molecule is CCOC(=O)c1cc2ccc(N3CC4(CN(C(=O)OC(C)(C)C)C4)C3)cc2s1. The smallest absolute Gasteiger partial charge is 0.410 e. The maximum absolute atomic E-state index is 12.1. The summed E-state index contributed by atoms with van der Waals surface area (Å²) in [6.07, 6.45) is -0.219. The second-order valence-corrected chi connectivity index (χ2v) is 9.83. The first-order chi connectivity index (χ1) is 13.2. The lowest BCUT2D eigenvalue weighted by molar-refractivity contribution is -0.0452. The van der Waals surface area contributed by atoms with Crippen molar-refractivity contribution in [2.75, 3.05) is 37.7 Å². The van der Waals surface area contributed by atoms with E-state index in [2.05, 4.69) is 23.1 Å². The Morgan fingerprint density at radius 2 is 1.86 bits per heavy atom. The van der Waals surface area contributed by atoms with Gasteiger partial charge >= 0.3 is 12.1 Å². The highest BCUT2D eigenvalue weighted by Crippen LogP contribution is 2.43. The van der Waals surface area contributed by atoms with Gasteiger partial charge in [-0.05, 0) is 51.3 Å². The van der Waals surface area contributed by atoms with E-state index in [1.165, 1.54) is 11.3 Å². The van der Waals surface area contributed by atoms with E-state index in [0.717, 1.165) is 42.0 Å². The van der Waals surface area contributed by atoms with Crippen LogP contribution >= 0.6 is 11.3 Å². The lowest BCUT2D eigenvalue weighted by atomic mass is 9.73. The number of nitrogens with zero attached hydrogens (tertiary/aromatic N) is 2. The van der Waals surface area contributed by atoms with Crippen LogP contribution in [0.25, 0.3) is 10.1 Å². The summed E-state index contributed by atoms with van der Waals surface area (Å²) in [5, 5.41) is 1.06. The van der Waals surface area contributed by atoms with Crippen molar-refractivity contribution in [3.05, 3.63) is 29.1 Å². The fourth-order valence-electron chi connectivity index (χ4n) is 3.88. The summed E-state index contributed by atoms with van der Waals surface area (Å²) < 4.78 is 11.6. The molecule has 0 bridgehead atoms. The van der Waals surface area contributed by atoms with Gasteiger partial charge in [-0.3, -0.25) is 0 Å². The number of carbonyl (C=O) groups excluding carboxylic acids is 2. The first-order valence-corrected chi connectivity index (χ1v) is 10.4. The van der Waals surface area contributed by atoms with Gasteiger partial charge in [-0.2, -0.15) is 0 Å². The Labute approximate surface area is 169 Å². The number of rotatable bonds is 3. The van der Waals surface area contributed by atoms with Gasteiger partial charge in [0.05, 0.1) is 6.61 Å². The minimum absolute atomic E-state index is 0.192. The molecule has 2 aliphatic rings. The van der Waals surface area contributed by atoms with Crippen molar-refractivity contribution in [3.63, 3.8) is 0 Å². The lowest BCUT2D eigenvalue weighted by Crippen LogP contribution is -2.73. The number of benzene rings is 1. The van der Waals surface area contributed by atoms with E-state index in [9.17, 15) is 9.59 Å². The number of likely N-dealkylation sites (tertiary alicyclic amines) is 1. The van der Waals surface area contributed by atoms with Gasteiger partial charge in [-0.15, -0.1) is 11.3 Å². The van der Waals surface area contributed by atoms with Gasteiger partial charge in [0.1, 0.15) is 10.5 Å². The number of hydrogen-bond acceptors (Lipinski definition) is 6. The molecule has 28 heavy (non-hydrogen) atoms. The van der Waals surface area contributed by atoms with Crippen molar-refractivity contribution in [2.24, 2.45) is 5.41 Å². The van der Waals surface area contributed by atoms with Crippen LogP contribution in [-0.2, 0) is 9.47 Å². The summed E-state index contributed by atoms with van der Waals surface area (Å²) in [5.74, 6) is -0.259. The Morgan fingerprint density at radius 3 is 2.50 bits per heavy atom. The molecule has 3 heterocycles. The molecule has 1 aromatic heterocycles. The molecule has 2 aromatic rings. The van der Waals surface area contributed by atoms with Gasteiger partial charge in [-0.1, -0.05) is 6.07 Å². The molecule has 2 aliphatic heterocycles. The maximum Gasteiger partial charge on any atom is 0.410 e. The van der Waals surface area contributed by atoms with Gasteiger partial charge in [0.15, 0.2) is 0 Å². The Bertz CT molecular complexity index is 916. The van der Waals surface area contributed by atoms with Crippen LogP contribution in [-0.4, -0.2) is 55.3 Å². The number of thiophene rings is 1. The molecule has 4 rings (SSSR count). The van der Waals surface area contributed by atoms with E-state index in [-0.39, 0.29) is 17.5 Å². The van der Waals surface area contributed by atoms with Crippen LogP contribution < -0.4 is 4.90 Å². The predicted molar refractivity (Wildman–Crippen MR) is 110 cm³/mol. The molecule has 1 amide bonds. The molecule has 2 fully saturated rings. The van der Waals surface area contributed by atoms with Gasteiger partial charge in [0.25, 0.3) is 0 Å². The third-order valence-electron chi connectivity index (χ3n) is 5.10. The van der Waals surface area contributed by atoms with E-state index < -0.39 is 5.60 Å². The standard InChI is InChI=1S/C21H26N2O4S/c1-5-26-18(24)17-8-14-6-7-15(9-16(14)28-17)22-10-21(11-22)12-23(13-21)19(25)27-20(2,3)4/h6-9H,5,10-13H2,1-4H3. The summed E-state index contributed by atoms with van der Waals surface area (Å²) in [7, 11) is 0. The molecule has 6 nitrogen and oxygen atoms in total. The molecule has 1 spiro atoms. The minimum atomic E-state index is -0.454. The third-order valence-corrected chi connectivity index (χ3v) is 6.18. The van der Waals surface area contributed by atoms with Gasteiger partial charge < -0.3 is 19.3 Å². The van der Waals surface area contributed by atoms with Gasteiger partial charge in [0.2, 0.25) is 0 Å².